The van der Waals surface area contributed by atoms with Gasteiger partial charge < -0.3 is 15.7 Å². The lowest BCUT2D eigenvalue weighted by Crippen LogP contribution is -2.21. The van der Waals surface area contributed by atoms with E-state index >= 15 is 0 Å². The summed E-state index contributed by atoms with van der Waals surface area (Å²) in [6.07, 6.45) is 1.70. The highest BCUT2D eigenvalue weighted by Crippen LogP contribution is 2.20. The molecule has 1 atom stereocenters. The third-order valence-corrected chi connectivity index (χ3v) is 3.69. The highest BCUT2D eigenvalue weighted by molar-refractivity contribution is 5.61. The number of aromatic nitrogens is 3. The summed E-state index contributed by atoms with van der Waals surface area (Å²) in [7, 11) is 0. The first-order chi connectivity index (χ1) is 12.6. The number of nitrogens with one attached hydrogen (secondary N) is 2. The summed E-state index contributed by atoms with van der Waals surface area (Å²) < 4.78 is 13.0. The highest BCUT2D eigenvalue weighted by Gasteiger charge is 2.10. The van der Waals surface area contributed by atoms with Gasteiger partial charge >= 0.3 is 0 Å². The normalized spacial score (nSPS) is 11.8. The van der Waals surface area contributed by atoms with Crippen LogP contribution >= 0.6 is 0 Å². The summed E-state index contributed by atoms with van der Waals surface area (Å²) in [4.78, 5) is 13.2. The second-order valence-electron chi connectivity index (χ2n) is 5.88. The number of nitrogens with zero attached hydrogens (tertiary/aromatic N) is 3. The first-order valence-corrected chi connectivity index (χ1v) is 8.30. The van der Waals surface area contributed by atoms with E-state index < -0.39 is 0 Å². The SMILES string of the molecule is C[C@H](CO)Nc1nc(NCc2ccc(F)cc2)cc(-c2ccccn2)n1. The molecule has 7 heteroatoms. The van der Waals surface area contributed by atoms with E-state index in [-0.39, 0.29) is 18.5 Å². The minimum absolute atomic E-state index is 0.0322. The first-order valence-electron chi connectivity index (χ1n) is 8.30. The zero-order valence-corrected chi connectivity index (χ0v) is 14.4. The molecule has 0 aliphatic carbocycles. The van der Waals surface area contributed by atoms with Crippen LogP contribution < -0.4 is 10.6 Å². The van der Waals surface area contributed by atoms with Crippen molar-refractivity contribution in [3.8, 4) is 11.4 Å². The van der Waals surface area contributed by atoms with Gasteiger partial charge in [-0.3, -0.25) is 4.98 Å². The van der Waals surface area contributed by atoms with Crippen molar-refractivity contribution in [3.63, 3.8) is 0 Å². The van der Waals surface area contributed by atoms with E-state index in [2.05, 4.69) is 25.6 Å². The van der Waals surface area contributed by atoms with Gasteiger partial charge in [0.1, 0.15) is 11.6 Å². The molecular weight excluding hydrogens is 333 g/mol. The van der Waals surface area contributed by atoms with E-state index in [1.807, 2.05) is 25.1 Å². The zero-order chi connectivity index (χ0) is 18.4. The second kappa shape index (κ2) is 8.35. The van der Waals surface area contributed by atoms with Crippen molar-refractivity contribution in [1.82, 2.24) is 15.0 Å². The molecule has 134 valence electrons. The van der Waals surface area contributed by atoms with E-state index in [9.17, 15) is 9.50 Å². The number of hydrogen-bond donors (Lipinski definition) is 3. The number of rotatable bonds is 7. The van der Waals surface area contributed by atoms with Crippen LogP contribution in [-0.4, -0.2) is 32.7 Å². The van der Waals surface area contributed by atoms with Gasteiger partial charge in [-0.25, -0.2) is 9.37 Å². The molecule has 3 aromatic rings. The maximum absolute atomic E-state index is 13.0. The molecule has 6 nitrogen and oxygen atoms in total. The molecule has 3 N–H and O–H groups in total. The van der Waals surface area contributed by atoms with Crippen molar-refractivity contribution >= 4 is 11.8 Å². The minimum Gasteiger partial charge on any atom is -0.394 e. The molecule has 26 heavy (non-hydrogen) atoms. The van der Waals surface area contributed by atoms with E-state index in [4.69, 9.17) is 0 Å². The van der Waals surface area contributed by atoms with Crippen molar-refractivity contribution in [2.75, 3.05) is 17.2 Å². The summed E-state index contributed by atoms with van der Waals surface area (Å²) in [5, 5.41) is 15.5. The largest absolute Gasteiger partial charge is 0.394 e. The van der Waals surface area contributed by atoms with Gasteiger partial charge in [0.25, 0.3) is 0 Å². The lowest BCUT2D eigenvalue weighted by atomic mass is 10.2. The van der Waals surface area contributed by atoms with Crippen LogP contribution in [0.25, 0.3) is 11.4 Å². The summed E-state index contributed by atoms with van der Waals surface area (Å²) in [6, 6.07) is 13.5. The number of aliphatic hydroxyl groups excluding tert-OH is 1. The van der Waals surface area contributed by atoms with Gasteiger partial charge in [-0.2, -0.15) is 4.98 Å². The first kappa shape index (κ1) is 17.8. The van der Waals surface area contributed by atoms with Crippen LogP contribution in [0.2, 0.25) is 0 Å². The van der Waals surface area contributed by atoms with Crippen molar-refractivity contribution < 1.29 is 9.50 Å². The van der Waals surface area contributed by atoms with Gasteiger partial charge in [-0.05, 0) is 36.8 Å². The lowest BCUT2D eigenvalue weighted by molar-refractivity contribution is 0.281. The zero-order valence-electron chi connectivity index (χ0n) is 14.4. The van der Waals surface area contributed by atoms with Gasteiger partial charge in [-0.1, -0.05) is 18.2 Å². The third-order valence-electron chi connectivity index (χ3n) is 3.69. The molecule has 0 saturated carbocycles. The average Bonchev–Trinajstić information content (AvgIpc) is 2.68. The van der Waals surface area contributed by atoms with E-state index in [1.54, 1.807) is 24.4 Å². The van der Waals surface area contributed by atoms with Crippen LogP contribution in [0.1, 0.15) is 12.5 Å². The Morgan fingerprint density at radius 3 is 2.58 bits per heavy atom. The Balaban J connectivity index is 1.85. The smallest absolute Gasteiger partial charge is 0.225 e. The quantitative estimate of drug-likeness (QED) is 0.605. The molecule has 0 radical (unpaired) electrons. The van der Waals surface area contributed by atoms with Gasteiger partial charge in [0, 0.05) is 24.8 Å². The Bertz CT molecular complexity index is 842. The van der Waals surface area contributed by atoms with E-state index in [0.717, 1.165) is 11.3 Å². The van der Waals surface area contributed by atoms with Crippen molar-refractivity contribution in [2.24, 2.45) is 0 Å². The minimum atomic E-state index is -0.266. The molecule has 0 bridgehead atoms. The molecule has 2 aromatic heterocycles. The number of hydrogen-bond acceptors (Lipinski definition) is 6. The van der Waals surface area contributed by atoms with Crippen LogP contribution in [0.4, 0.5) is 16.2 Å². The number of benzene rings is 1. The molecule has 0 fully saturated rings. The van der Waals surface area contributed by atoms with Crippen LogP contribution in [0, 0.1) is 5.82 Å². The van der Waals surface area contributed by atoms with Crippen LogP contribution in [-0.2, 0) is 6.54 Å². The fourth-order valence-corrected chi connectivity index (χ4v) is 2.31. The summed E-state index contributed by atoms with van der Waals surface area (Å²) in [6.45, 7) is 2.30. The molecule has 0 aliphatic heterocycles. The molecule has 2 heterocycles. The predicted molar refractivity (Wildman–Crippen MR) is 99.2 cm³/mol. The maximum Gasteiger partial charge on any atom is 0.225 e. The average molecular weight is 353 g/mol. The van der Waals surface area contributed by atoms with Gasteiger partial charge in [0.2, 0.25) is 5.95 Å². The summed E-state index contributed by atoms with van der Waals surface area (Å²) >= 11 is 0. The molecule has 0 unspecified atom stereocenters. The number of aliphatic hydroxyl groups is 1. The van der Waals surface area contributed by atoms with E-state index in [0.29, 0.717) is 24.0 Å². The molecule has 1 aromatic carbocycles. The summed E-state index contributed by atoms with van der Waals surface area (Å²) in [5.41, 5.74) is 2.32. The van der Waals surface area contributed by atoms with Gasteiger partial charge in [0.15, 0.2) is 0 Å². The fraction of sp³-hybridized carbons (Fsp3) is 0.211. The Hall–Kier alpha value is -3.06. The highest BCUT2D eigenvalue weighted by atomic mass is 19.1. The topological polar surface area (TPSA) is 83.0 Å². The Morgan fingerprint density at radius 1 is 1.08 bits per heavy atom. The Kier molecular flexibility index (Phi) is 5.70. The van der Waals surface area contributed by atoms with Gasteiger partial charge in [-0.15, -0.1) is 0 Å². The van der Waals surface area contributed by atoms with Gasteiger partial charge in [0.05, 0.1) is 18.0 Å². The fourth-order valence-electron chi connectivity index (χ4n) is 2.31. The predicted octanol–water partition coefficient (Wildman–Crippen LogP) is 3.08. The molecule has 0 amide bonds. The number of anilines is 2. The van der Waals surface area contributed by atoms with Crippen LogP contribution in [0.5, 0.6) is 0 Å². The molecular formula is C19H20FN5O. The van der Waals surface area contributed by atoms with E-state index in [1.165, 1.54) is 12.1 Å². The van der Waals surface area contributed by atoms with Crippen LogP contribution in [0.15, 0.2) is 54.7 Å². The molecule has 0 aliphatic rings. The van der Waals surface area contributed by atoms with Crippen LogP contribution in [0.3, 0.4) is 0 Å². The van der Waals surface area contributed by atoms with Crippen molar-refractivity contribution in [2.45, 2.75) is 19.5 Å². The summed E-state index contributed by atoms with van der Waals surface area (Å²) in [5.74, 6) is 0.742. The Morgan fingerprint density at radius 2 is 1.88 bits per heavy atom. The Labute approximate surface area is 151 Å². The number of pyridine rings is 1. The third kappa shape index (κ3) is 4.73. The maximum atomic E-state index is 13.0. The standard InChI is InChI=1S/C19H20FN5O/c1-13(12-26)23-19-24-17(16-4-2-3-9-21-16)10-18(25-19)22-11-14-5-7-15(20)8-6-14/h2-10,13,26H,11-12H2,1H3,(H2,22,23,24,25)/t13-/m1/s1. The second-order valence-corrected chi connectivity index (χ2v) is 5.88. The molecule has 0 saturated heterocycles. The molecule has 0 spiro atoms. The monoisotopic (exact) mass is 353 g/mol. The number of halogens is 1. The molecule has 3 rings (SSSR count). The lowest BCUT2D eigenvalue weighted by Gasteiger charge is -2.14. The van der Waals surface area contributed by atoms with Crippen molar-refractivity contribution in [1.29, 1.82) is 0 Å². The van der Waals surface area contributed by atoms with Crippen molar-refractivity contribution in [3.05, 3.63) is 66.1 Å².